The molecular weight excluding hydrogens is 260 g/mol. The lowest BCUT2D eigenvalue weighted by Crippen LogP contribution is -2.05. The van der Waals surface area contributed by atoms with E-state index in [9.17, 15) is 0 Å². The van der Waals surface area contributed by atoms with Crippen molar-refractivity contribution >= 4 is 22.6 Å². The van der Waals surface area contributed by atoms with Crippen molar-refractivity contribution in [2.24, 2.45) is 5.92 Å². The third-order valence-corrected chi connectivity index (χ3v) is 3.23. The van der Waals surface area contributed by atoms with Gasteiger partial charge in [0.25, 0.3) is 0 Å². The minimum Gasteiger partial charge on any atom is -0.461 e. The Morgan fingerprint density at radius 2 is 2.16 bits per heavy atom. The van der Waals surface area contributed by atoms with E-state index < -0.39 is 0 Å². The monoisotopic (exact) mass is 274 g/mol. The summed E-state index contributed by atoms with van der Waals surface area (Å²) in [4.78, 5) is 4.65. The molecule has 0 unspecified atom stereocenters. The van der Waals surface area contributed by atoms with Gasteiger partial charge in [-0.15, -0.1) is 0 Å². The molecule has 0 bridgehead atoms. The molecule has 0 atom stereocenters. The molecule has 2 aromatic heterocycles. The van der Waals surface area contributed by atoms with Crippen LogP contribution in [-0.2, 0) is 6.54 Å². The van der Waals surface area contributed by atoms with Crippen LogP contribution in [-0.4, -0.2) is 9.55 Å². The summed E-state index contributed by atoms with van der Waals surface area (Å²) in [5.41, 5.74) is 1.99. The molecular formula is C15H15ClN2O. The van der Waals surface area contributed by atoms with Crippen molar-refractivity contribution in [3.63, 3.8) is 0 Å². The Morgan fingerprint density at radius 1 is 1.32 bits per heavy atom. The summed E-state index contributed by atoms with van der Waals surface area (Å²) >= 11 is 6.04. The molecule has 1 aromatic carbocycles. The van der Waals surface area contributed by atoms with Gasteiger partial charge in [-0.25, -0.2) is 4.98 Å². The van der Waals surface area contributed by atoms with Crippen molar-refractivity contribution in [1.82, 2.24) is 9.55 Å². The Labute approximate surface area is 116 Å². The highest BCUT2D eigenvalue weighted by Crippen LogP contribution is 2.27. The number of benzene rings is 1. The van der Waals surface area contributed by atoms with Gasteiger partial charge in [0.1, 0.15) is 0 Å². The predicted molar refractivity (Wildman–Crippen MR) is 77.3 cm³/mol. The van der Waals surface area contributed by atoms with Gasteiger partial charge >= 0.3 is 0 Å². The summed E-state index contributed by atoms with van der Waals surface area (Å²) in [5.74, 6) is 2.17. The van der Waals surface area contributed by atoms with E-state index in [1.807, 2.05) is 30.3 Å². The fourth-order valence-electron chi connectivity index (χ4n) is 2.25. The number of hydrogen-bond donors (Lipinski definition) is 0. The molecule has 98 valence electrons. The number of fused-ring (bicyclic) bond motifs is 1. The molecule has 3 rings (SSSR count). The highest BCUT2D eigenvalue weighted by Gasteiger charge is 2.15. The molecule has 3 aromatic rings. The molecule has 0 N–H and O–H groups in total. The lowest BCUT2D eigenvalue weighted by atomic mass is 10.2. The van der Waals surface area contributed by atoms with Crippen LogP contribution in [0.15, 0.2) is 41.0 Å². The van der Waals surface area contributed by atoms with E-state index in [0.29, 0.717) is 10.9 Å². The quantitative estimate of drug-likeness (QED) is 0.698. The molecule has 0 aliphatic carbocycles. The minimum atomic E-state index is 0.529. The number of rotatable bonds is 3. The topological polar surface area (TPSA) is 31.0 Å². The molecule has 0 spiro atoms. The third kappa shape index (κ3) is 2.26. The molecule has 0 aliphatic heterocycles. The summed E-state index contributed by atoms with van der Waals surface area (Å²) in [6.07, 6.45) is 1.67. The zero-order valence-electron chi connectivity index (χ0n) is 10.9. The smallest absolute Gasteiger partial charge is 0.177 e. The second kappa shape index (κ2) is 4.74. The first-order valence-electron chi connectivity index (χ1n) is 6.35. The van der Waals surface area contributed by atoms with E-state index in [4.69, 9.17) is 16.0 Å². The van der Waals surface area contributed by atoms with Gasteiger partial charge in [0.05, 0.1) is 17.3 Å². The first kappa shape index (κ1) is 12.3. The molecule has 0 amide bonds. The SMILES string of the molecule is CC(C)Cn1c(-c2ccco2)nc2cc(Cl)ccc21. The summed E-state index contributed by atoms with van der Waals surface area (Å²) in [7, 11) is 0. The van der Waals surface area contributed by atoms with Crippen molar-refractivity contribution < 1.29 is 4.42 Å². The molecule has 0 fully saturated rings. The molecule has 2 heterocycles. The normalized spacial score (nSPS) is 11.6. The van der Waals surface area contributed by atoms with Crippen molar-refractivity contribution in [2.75, 3.05) is 0 Å². The molecule has 0 saturated heterocycles. The van der Waals surface area contributed by atoms with Gasteiger partial charge in [-0.3, -0.25) is 0 Å². The van der Waals surface area contributed by atoms with Crippen molar-refractivity contribution in [3.05, 3.63) is 41.6 Å². The first-order valence-corrected chi connectivity index (χ1v) is 6.72. The largest absolute Gasteiger partial charge is 0.461 e. The van der Waals surface area contributed by atoms with Gasteiger partial charge in [-0.1, -0.05) is 25.4 Å². The fraction of sp³-hybridized carbons (Fsp3) is 0.267. The summed E-state index contributed by atoms with van der Waals surface area (Å²) < 4.78 is 7.67. The second-order valence-electron chi connectivity index (χ2n) is 5.05. The number of nitrogens with zero attached hydrogens (tertiary/aromatic N) is 2. The van der Waals surface area contributed by atoms with Gasteiger partial charge < -0.3 is 8.98 Å². The van der Waals surface area contributed by atoms with Gasteiger partial charge in [0, 0.05) is 11.6 Å². The Hall–Kier alpha value is -1.74. The van der Waals surface area contributed by atoms with Crippen molar-refractivity contribution in [3.8, 4) is 11.6 Å². The van der Waals surface area contributed by atoms with E-state index >= 15 is 0 Å². The first-order chi connectivity index (χ1) is 9.15. The Kier molecular flexibility index (Phi) is 3.07. The van der Waals surface area contributed by atoms with E-state index in [1.54, 1.807) is 6.26 Å². The molecule has 3 nitrogen and oxygen atoms in total. The molecule has 0 saturated carbocycles. The zero-order valence-corrected chi connectivity index (χ0v) is 11.7. The van der Waals surface area contributed by atoms with Gasteiger partial charge in [-0.2, -0.15) is 0 Å². The average Bonchev–Trinajstić information content (AvgIpc) is 2.96. The lowest BCUT2D eigenvalue weighted by Gasteiger charge is -2.10. The van der Waals surface area contributed by atoms with Crippen LogP contribution in [0.5, 0.6) is 0 Å². The predicted octanol–water partition coefficient (Wildman–Crippen LogP) is 4.61. The van der Waals surface area contributed by atoms with Crippen LogP contribution in [0.2, 0.25) is 5.02 Å². The van der Waals surface area contributed by atoms with Crippen LogP contribution in [0, 0.1) is 5.92 Å². The standard InChI is InChI=1S/C15H15ClN2O/c1-10(2)9-18-13-6-5-11(16)8-12(13)17-15(18)14-4-3-7-19-14/h3-8,10H,9H2,1-2H3. The Morgan fingerprint density at radius 3 is 2.84 bits per heavy atom. The van der Waals surface area contributed by atoms with Gasteiger partial charge in [0.15, 0.2) is 11.6 Å². The van der Waals surface area contributed by atoms with Crippen LogP contribution < -0.4 is 0 Å². The maximum Gasteiger partial charge on any atom is 0.177 e. The Balaban J connectivity index is 2.24. The zero-order chi connectivity index (χ0) is 13.4. The van der Waals surface area contributed by atoms with Crippen molar-refractivity contribution in [2.45, 2.75) is 20.4 Å². The van der Waals surface area contributed by atoms with E-state index in [2.05, 4.69) is 23.4 Å². The summed E-state index contributed by atoms with van der Waals surface area (Å²) in [6.45, 7) is 5.27. The second-order valence-corrected chi connectivity index (χ2v) is 5.49. The van der Waals surface area contributed by atoms with Gasteiger partial charge in [-0.05, 0) is 36.2 Å². The number of halogens is 1. The highest BCUT2D eigenvalue weighted by molar-refractivity contribution is 6.31. The van der Waals surface area contributed by atoms with Crippen LogP contribution in [0.1, 0.15) is 13.8 Å². The minimum absolute atomic E-state index is 0.529. The van der Waals surface area contributed by atoms with Crippen LogP contribution in [0.3, 0.4) is 0 Å². The number of imidazole rings is 1. The van der Waals surface area contributed by atoms with Crippen molar-refractivity contribution in [1.29, 1.82) is 0 Å². The highest BCUT2D eigenvalue weighted by atomic mass is 35.5. The van der Waals surface area contributed by atoms with E-state index in [0.717, 1.165) is 29.2 Å². The summed E-state index contributed by atoms with van der Waals surface area (Å²) in [6, 6.07) is 9.61. The average molecular weight is 275 g/mol. The molecule has 0 radical (unpaired) electrons. The van der Waals surface area contributed by atoms with Crippen LogP contribution in [0.4, 0.5) is 0 Å². The van der Waals surface area contributed by atoms with Crippen LogP contribution in [0.25, 0.3) is 22.6 Å². The maximum absolute atomic E-state index is 6.04. The van der Waals surface area contributed by atoms with Crippen LogP contribution >= 0.6 is 11.6 Å². The lowest BCUT2D eigenvalue weighted by molar-refractivity contribution is 0.522. The molecule has 19 heavy (non-hydrogen) atoms. The van der Waals surface area contributed by atoms with E-state index in [1.165, 1.54) is 0 Å². The number of aromatic nitrogens is 2. The number of furan rings is 1. The van der Waals surface area contributed by atoms with Gasteiger partial charge in [0.2, 0.25) is 0 Å². The Bertz CT molecular complexity index is 698. The fourth-order valence-corrected chi connectivity index (χ4v) is 2.41. The third-order valence-electron chi connectivity index (χ3n) is 3.00. The maximum atomic E-state index is 6.04. The molecule has 0 aliphatic rings. The number of hydrogen-bond acceptors (Lipinski definition) is 2. The molecule has 4 heteroatoms. The summed E-state index contributed by atoms with van der Waals surface area (Å²) in [5, 5.41) is 0.702. The van der Waals surface area contributed by atoms with E-state index in [-0.39, 0.29) is 0 Å².